The first-order valence-electron chi connectivity index (χ1n) is 7.11. The van der Waals surface area contributed by atoms with Crippen molar-refractivity contribution in [2.75, 3.05) is 26.7 Å². The van der Waals surface area contributed by atoms with Crippen LogP contribution in [0.1, 0.15) is 38.7 Å². The van der Waals surface area contributed by atoms with Gasteiger partial charge in [0.25, 0.3) is 0 Å². The molecule has 0 saturated carbocycles. The van der Waals surface area contributed by atoms with Gasteiger partial charge in [0.15, 0.2) is 0 Å². The minimum atomic E-state index is 0.583. The van der Waals surface area contributed by atoms with Crippen molar-refractivity contribution in [1.82, 2.24) is 10.2 Å². The van der Waals surface area contributed by atoms with Crippen LogP contribution in [-0.4, -0.2) is 37.6 Å². The Labute approximate surface area is 112 Å². The van der Waals surface area contributed by atoms with Gasteiger partial charge in [-0.3, -0.25) is 0 Å². The summed E-state index contributed by atoms with van der Waals surface area (Å²) < 4.78 is 0. The molecule has 1 rings (SSSR count). The minimum absolute atomic E-state index is 0.583. The van der Waals surface area contributed by atoms with E-state index in [1.807, 2.05) is 0 Å². The van der Waals surface area contributed by atoms with E-state index in [0.29, 0.717) is 12.0 Å². The number of hydrogen-bond acceptors (Lipinski definition) is 2. The van der Waals surface area contributed by atoms with E-state index in [0.717, 1.165) is 19.6 Å². The summed E-state index contributed by atoms with van der Waals surface area (Å²) in [6.45, 7) is 10.0. The average molecular weight is 248 g/mol. The Morgan fingerprint density at radius 3 is 2.44 bits per heavy atom. The summed E-state index contributed by atoms with van der Waals surface area (Å²) in [4.78, 5) is 2.42. The summed E-state index contributed by atoms with van der Waals surface area (Å²) in [7, 11) is 2.20. The lowest BCUT2D eigenvalue weighted by Gasteiger charge is -2.24. The number of nitrogens with zero attached hydrogens (tertiary/aromatic N) is 1. The normalized spacial score (nSPS) is 14.7. The largest absolute Gasteiger partial charge is 0.315 e. The second-order valence-corrected chi connectivity index (χ2v) is 5.25. The molecule has 2 heteroatoms. The maximum Gasteiger partial charge on any atom is 0.0107 e. The van der Waals surface area contributed by atoms with E-state index in [1.165, 1.54) is 12.0 Å². The lowest BCUT2D eigenvalue weighted by Crippen LogP contribution is -2.35. The molecule has 1 aromatic carbocycles. The molecule has 0 heterocycles. The van der Waals surface area contributed by atoms with E-state index >= 15 is 0 Å². The van der Waals surface area contributed by atoms with Gasteiger partial charge >= 0.3 is 0 Å². The van der Waals surface area contributed by atoms with Gasteiger partial charge in [-0.25, -0.2) is 0 Å². The summed E-state index contributed by atoms with van der Waals surface area (Å²) in [5, 5.41) is 3.55. The second kappa shape index (κ2) is 8.28. The SMILES string of the molecule is CCC(C)N(C)CCNCC(C)c1ccccc1. The molecule has 18 heavy (non-hydrogen) atoms. The van der Waals surface area contributed by atoms with E-state index in [2.05, 4.69) is 68.4 Å². The van der Waals surface area contributed by atoms with Crippen molar-refractivity contribution < 1.29 is 0 Å². The Balaban J connectivity index is 2.18. The van der Waals surface area contributed by atoms with Gasteiger partial charge in [-0.15, -0.1) is 0 Å². The molecule has 0 aliphatic rings. The molecule has 0 spiro atoms. The molecule has 1 aromatic rings. The highest BCUT2D eigenvalue weighted by Gasteiger charge is 2.07. The van der Waals surface area contributed by atoms with Crippen LogP contribution < -0.4 is 5.32 Å². The van der Waals surface area contributed by atoms with Gasteiger partial charge < -0.3 is 10.2 Å². The fourth-order valence-electron chi connectivity index (χ4n) is 2.01. The third kappa shape index (κ3) is 5.19. The van der Waals surface area contributed by atoms with Crippen LogP contribution in [0.4, 0.5) is 0 Å². The van der Waals surface area contributed by atoms with E-state index in [4.69, 9.17) is 0 Å². The van der Waals surface area contributed by atoms with Crippen LogP contribution in [0.5, 0.6) is 0 Å². The van der Waals surface area contributed by atoms with E-state index < -0.39 is 0 Å². The molecule has 2 atom stereocenters. The number of nitrogens with one attached hydrogen (secondary N) is 1. The zero-order valence-electron chi connectivity index (χ0n) is 12.3. The van der Waals surface area contributed by atoms with Gasteiger partial charge in [-0.1, -0.05) is 44.2 Å². The highest BCUT2D eigenvalue weighted by molar-refractivity contribution is 5.18. The first-order chi connectivity index (χ1) is 8.65. The van der Waals surface area contributed by atoms with Crippen LogP contribution >= 0.6 is 0 Å². The Kier molecular flexibility index (Phi) is 6.99. The lowest BCUT2D eigenvalue weighted by atomic mass is 10.0. The number of likely N-dealkylation sites (N-methyl/N-ethyl adjacent to an activating group) is 1. The van der Waals surface area contributed by atoms with Gasteiger partial charge in [-0.05, 0) is 31.9 Å². The molecule has 1 N–H and O–H groups in total. The van der Waals surface area contributed by atoms with Crippen LogP contribution in [0.25, 0.3) is 0 Å². The monoisotopic (exact) mass is 248 g/mol. The highest BCUT2D eigenvalue weighted by atomic mass is 15.1. The molecule has 0 aromatic heterocycles. The molecule has 0 amide bonds. The Morgan fingerprint density at radius 2 is 1.83 bits per heavy atom. The van der Waals surface area contributed by atoms with Crippen LogP contribution in [0.15, 0.2) is 30.3 Å². The number of rotatable bonds is 8. The molecule has 2 unspecified atom stereocenters. The van der Waals surface area contributed by atoms with Crippen molar-refractivity contribution in [2.24, 2.45) is 0 Å². The van der Waals surface area contributed by atoms with Gasteiger partial charge in [-0.2, -0.15) is 0 Å². The van der Waals surface area contributed by atoms with Crippen LogP contribution in [0, 0.1) is 0 Å². The second-order valence-electron chi connectivity index (χ2n) is 5.25. The van der Waals surface area contributed by atoms with Gasteiger partial charge in [0.2, 0.25) is 0 Å². The molecule has 2 nitrogen and oxygen atoms in total. The lowest BCUT2D eigenvalue weighted by molar-refractivity contribution is 0.251. The summed E-state index contributed by atoms with van der Waals surface area (Å²) in [6.07, 6.45) is 1.22. The molecule has 0 bridgehead atoms. The van der Waals surface area contributed by atoms with Gasteiger partial charge in [0.05, 0.1) is 0 Å². The molecule has 0 aliphatic carbocycles. The summed E-state index contributed by atoms with van der Waals surface area (Å²) in [6, 6.07) is 11.4. The highest BCUT2D eigenvalue weighted by Crippen LogP contribution is 2.12. The number of benzene rings is 1. The van der Waals surface area contributed by atoms with Gasteiger partial charge in [0, 0.05) is 25.7 Å². The van der Waals surface area contributed by atoms with E-state index in [1.54, 1.807) is 0 Å². The van der Waals surface area contributed by atoms with E-state index in [-0.39, 0.29) is 0 Å². The Hall–Kier alpha value is -0.860. The summed E-state index contributed by atoms with van der Waals surface area (Å²) in [5.74, 6) is 0.583. The van der Waals surface area contributed by atoms with Crippen molar-refractivity contribution in [3.05, 3.63) is 35.9 Å². The van der Waals surface area contributed by atoms with Crippen LogP contribution in [-0.2, 0) is 0 Å². The summed E-state index contributed by atoms with van der Waals surface area (Å²) >= 11 is 0. The average Bonchev–Trinajstić information content (AvgIpc) is 2.43. The molecular weight excluding hydrogens is 220 g/mol. The molecule has 0 saturated heterocycles. The van der Waals surface area contributed by atoms with Crippen LogP contribution in [0.3, 0.4) is 0 Å². The Morgan fingerprint density at radius 1 is 1.17 bits per heavy atom. The standard InChI is InChI=1S/C16H28N2/c1-5-15(3)18(4)12-11-17-13-14(2)16-9-7-6-8-10-16/h6-10,14-15,17H,5,11-13H2,1-4H3. The van der Waals surface area contributed by atoms with Crippen molar-refractivity contribution in [2.45, 2.75) is 39.2 Å². The van der Waals surface area contributed by atoms with Crippen molar-refractivity contribution in [1.29, 1.82) is 0 Å². The Bertz CT molecular complexity index is 310. The van der Waals surface area contributed by atoms with Crippen molar-refractivity contribution in [3.8, 4) is 0 Å². The first-order valence-corrected chi connectivity index (χ1v) is 7.11. The van der Waals surface area contributed by atoms with Crippen molar-refractivity contribution >= 4 is 0 Å². The summed E-state index contributed by atoms with van der Waals surface area (Å²) in [5.41, 5.74) is 1.42. The maximum atomic E-state index is 3.55. The number of hydrogen-bond donors (Lipinski definition) is 1. The third-order valence-electron chi connectivity index (χ3n) is 3.80. The van der Waals surface area contributed by atoms with Crippen LogP contribution in [0.2, 0.25) is 0 Å². The minimum Gasteiger partial charge on any atom is -0.315 e. The predicted octanol–water partition coefficient (Wildman–Crippen LogP) is 3.11. The van der Waals surface area contributed by atoms with Gasteiger partial charge in [0.1, 0.15) is 0 Å². The third-order valence-corrected chi connectivity index (χ3v) is 3.80. The fraction of sp³-hybridized carbons (Fsp3) is 0.625. The molecule has 0 aliphatic heterocycles. The predicted molar refractivity (Wildman–Crippen MR) is 80.1 cm³/mol. The van der Waals surface area contributed by atoms with Crippen molar-refractivity contribution in [3.63, 3.8) is 0 Å². The first kappa shape index (κ1) is 15.2. The molecule has 0 radical (unpaired) electrons. The molecule has 102 valence electrons. The molecule has 0 fully saturated rings. The smallest absolute Gasteiger partial charge is 0.0107 e. The zero-order valence-corrected chi connectivity index (χ0v) is 12.3. The quantitative estimate of drug-likeness (QED) is 0.711. The fourth-order valence-corrected chi connectivity index (χ4v) is 2.01. The van der Waals surface area contributed by atoms with E-state index in [9.17, 15) is 0 Å². The zero-order chi connectivity index (χ0) is 13.4. The maximum absolute atomic E-state index is 3.55. The topological polar surface area (TPSA) is 15.3 Å². The molecular formula is C16H28N2.